The highest BCUT2D eigenvalue weighted by Gasteiger charge is 2.49. The lowest BCUT2D eigenvalue weighted by Crippen LogP contribution is -2.36. The van der Waals surface area contributed by atoms with Crippen LogP contribution in [0.5, 0.6) is 0 Å². The number of likely N-dealkylation sites (tertiary alicyclic amines) is 1. The van der Waals surface area contributed by atoms with Crippen molar-refractivity contribution in [2.75, 3.05) is 26.2 Å². The third-order valence-electron chi connectivity index (χ3n) is 4.17. The van der Waals surface area contributed by atoms with Crippen molar-refractivity contribution in [1.82, 2.24) is 9.21 Å². The number of fused-ring (bicyclic) bond motifs is 1. The van der Waals surface area contributed by atoms with Crippen molar-refractivity contribution in [2.24, 2.45) is 17.8 Å². The third-order valence-corrected chi connectivity index (χ3v) is 7.37. The number of hydrogen-bond donors (Lipinski definition) is 0. The van der Waals surface area contributed by atoms with Gasteiger partial charge in [0, 0.05) is 32.1 Å². The van der Waals surface area contributed by atoms with Crippen LogP contribution in [-0.4, -0.2) is 49.7 Å². The third kappa shape index (κ3) is 2.62. The van der Waals surface area contributed by atoms with Crippen LogP contribution in [0.2, 0.25) is 0 Å². The monoisotopic (exact) mass is 328 g/mol. The summed E-state index contributed by atoms with van der Waals surface area (Å²) in [5.74, 6) is 0.556. The van der Waals surface area contributed by atoms with Crippen molar-refractivity contribution < 1.29 is 13.2 Å². The summed E-state index contributed by atoms with van der Waals surface area (Å²) in [7, 11) is -3.42. The molecule has 0 aliphatic carbocycles. The lowest BCUT2D eigenvalue weighted by Gasteiger charge is -2.22. The molecular weight excluding hydrogens is 308 g/mol. The summed E-state index contributed by atoms with van der Waals surface area (Å²) in [5, 5.41) is 1.76. The smallest absolute Gasteiger partial charge is 0.252 e. The second-order valence-electron chi connectivity index (χ2n) is 6.26. The van der Waals surface area contributed by atoms with Gasteiger partial charge in [-0.05, 0) is 17.4 Å². The Kier molecular flexibility index (Phi) is 3.83. The maximum atomic E-state index is 12.5. The zero-order valence-electron chi connectivity index (χ0n) is 12.2. The number of hydrogen-bond acceptors (Lipinski definition) is 4. The molecule has 0 bridgehead atoms. The standard InChI is InChI=1S/C14H20N2O3S2/c1-10(2)6-15-7-11-8-16(9-12(11)14(15)17)21(18,19)13-4-3-5-20-13/h3-5,10-12H,6-9H2,1-2H3/t11-,12-/m1/s1. The van der Waals surface area contributed by atoms with E-state index in [0.29, 0.717) is 29.8 Å². The molecule has 5 nitrogen and oxygen atoms in total. The van der Waals surface area contributed by atoms with Crippen LogP contribution in [0, 0.1) is 17.8 Å². The van der Waals surface area contributed by atoms with Gasteiger partial charge in [-0.1, -0.05) is 19.9 Å². The lowest BCUT2D eigenvalue weighted by molar-refractivity contribution is -0.131. The Morgan fingerprint density at radius 3 is 2.67 bits per heavy atom. The molecule has 116 valence electrons. The van der Waals surface area contributed by atoms with E-state index in [-0.39, 0.29) is 17.7 Å². The first-order valence-corrected chi connectivity index (χ1v) is 9.54. The van der Waals surface area contributed by atoms with Crippen molar-refractivity contribution in [3.05, 3.63) is 17.5 Å². The Balaban J connectivity index is 1.73. The molecule has 2 aliphatic heterocycles. The van der Waals surface area contributed by atoms with Crippen LogP contribution in [0.4, 0.5) is 0 Å². The SMILES string of the molecule is CC(C)CN1C[C@@H]2CN(S(=O)(=O)c3cccs3)C[C@H]2C1=O. The van der Waals surface area contributed by atoms with Gasteiger partial charge in [0.1, 0.15) is 4.21 Å². The Morgan fingerprint density at radius 2 is 2.10 bits per heavy atom. The fraction of sp³-hybridized carbons (Fsp3) is 0.643. The topological polar surface area (TPSA) is 57.7 Å². The molecule has 1 amide bonds. The largest absolute Gasteiger partial charge is 0.342 e. The summed E-state index contributed by atoms with van der Waals surface area (Å²) in [6.45, 7) is 6.44. The lowest BCUT2D eigenvalue weighted by atomic mass is 10.0. The van der Waals surface area contributed by atoms with Gasteiger partial charge in [0.05, 0.1) is 5.92 Å². The highest BCUT2D eigenvalue weighted by molar-refractivity contribution is 7.91. The first kappa shape index (κ1) is 15.0. The van der Waals surface area contributed by atoms with Gasteiger partial charge in [-0.15, -0.1) is 11.3 Å². The first-order chi connectivity index (χ1) is 9.89. The van der Waals surface area contributed by atoms with Gasteiger partial charge < -0.3 is 4.90 Å². The fourth-order valence-electron chi connectivity index (χ4n) is 3.24. The van der Waals surface area contributed by atoms with E-state index in [2.05, 4.69) is 13.8 Å². The van der Waals surface area contributed by atoms with Crippen molar-refractivity contribution >= 4 is 27.3 Å². The Labute approximate surface area is 129 Å². The fourth-order valence-corrected chi connectivity index (χ4v) is 5.91. The molecule has 2 fully saturated rings. The average molecular weight is 328 g/mol. The van der Waals surface area contributed by atoms with Crippen molar-refractivity contribution in [2.45, 2.75) is 18.1 Å². The zero-order chi connectivity index (χ0) is 15.2. The molecule has 2 aliphatic rings. The molecule has 7 heteroatoms. The van der Waals surface area contributed by atoms with Crippen molar-refractivity contribution in [1.29, 1.82) is 0 Å². The minimum atomic E-state index is -3.42. The van der Waals surface area contributed by atoms with Crippen LogP contribution in [-0.2, 0) is 14.8 Å². The van der Waals surface area contributed by atoms with E-state index < -0.39 is 10.0 Å². The minimum absolute atomic E-state index is 0.123. The second-order valence-corrected chi connectivity index (χ2v) is 9.37. The van der Waals surface area contributed by atoms with Crippen LogP contribution in [0.3, 0.4) is 0 Å². The summed E-state index contributed by atoms with van der Waals surface area (Å²) < 4.78 is 26.9. The Hall–Kier alpha value is -0.920. The number of thiophene rings is 1. The summed E-state index contributed by atoms with van der Waals surface area (Å²) in [6.07, 6.45) is 0. The number of amides is 1. The highest BCUT2D eigenvalue weighted by atomic mass is 32.2. The molecule has 0 N–H and O–H groups in total. The van der Waals surface area contributed by atoms with Gasteiger partial charge in [0.25, 0.3) is 10.0 Å². The molecule has 0 saturated carbocycles. The van der Waals surface area contributed by atoms with E-state index >= 15 is 0 Å². The van der Waals surface area contributed by atoms with Crippen LogP contribution >= 0.6 is 11.3 Å². The van der Waals surface area contributed by atoms with E-state index in [1.165, 1.54) is 15.6 Å². The number of rotatable bonds is 4. The number of sulfonamides is 1. The summed E-state index contributed by atoms with van der Waals surface area (Å²) in [6, 6.07) is 3.37. The van der Waals surface area contributed by atoms with E-state index in [9.17, 15) is 13.2 Å². The van der Waals surface area contributed by atoms with Crippen LogP contribution in [0.1, 0.15) is 13.8 Å². The molecule has 0 aromatic carbocycles. The van der Waals surface area contributed by atoms with E-state index in [1.54, 1.807) is 17.5 Å². The molecule has 3 rings (SSSR count). The van der Waals surface area contributed by atoms with Gasteiger partial charge in [-0.25, -0.2) is 8.42 Å². The van der Waals surface area contributed by atoms with Gasteiger partial charge >= 0.3 is 0 Å². The van der Waals surface area contributed by atoms with Gasteiger partial charge in [0.2, 0.25) is 5.91 Å². The van der Waals surface area contributed by atoms with Crippen LogP contribution < -0.4 is 0 Å². The van der Waals surface area contributed by atoms with Crippen LogP contribution in [0.25, 0.3) is 0 Å². The van der Waals surface area contributed by atoms with E-state index in [0.717, 1.165) is 6.54 Å². The zero-order valence-corrected chi connectivity index (χ0v) is 13.9. The molecule has 2 saturated heterocycles. The highest BCUT2D eigenvalue weighted by Crippen LogP contribution is 2.36. The Bertz CT molecular complexity index is 625. The van der Waals surface area contributed by atoms with E-state index in [1.807, 2.05) is 4.90 Å². The Morgan fingerprint density at radius 1 is 1.33 bits per heavy atom. The number of carbonyl (C=O) groups excluding carboxylic acids is 1. The van der Waals surface area contributed by atoms with Crippen LogP contribution in [0.15, 0.2) is 21.7 Å². The molecule has 3 heterocycles. The maximum absolute atomic E-state index is 12.5. The molecule has 1 aromatic heterocycles. The number of carbonyl (C=O) groups is 1. The second kappa shape index (κ2) is 5.37. The summed E-state index contributed by atoms with van der Waals surface area (Å²) in [4.78, 5) is 14.3. The molecule has 0 unspecified atom stereocenters. The van der Waals surface area contributed by atoms with E-state index in [4.69, 9.17) is 0 Å². The molecular formula is C14H20N2O3S2. The molecule has 0 spiro atoms. The maximum Gasteiger partial charge on any atom is 0.252 e. The summed E-state index contributed by atoms with van der Waals surface area (Å²) in [5.41, 5.74) is 0. The molecule has 2 atom stereocenters. The van der Waals surface area contributed by atoms with Gasteiger partial charge in [-0.3, -0.25) is 4.79 Å². The predicted octanol–water partition coefficient (Wildman–Crippen LogP) is 1.48. The van der Waals surface area contributed by atoms with Crippen molar-refractivity contribution in [3.8, 4) is 0 Å². The average Bonchev–Trinajstić information content (AvgIpc) is 3.09. The summed E-state index contributed by atoms with van der Waals surface area (Å²) >= 11 is 1.23. The first-order valence-electron chi connectivity index (χ1n) is 7.22. The van der Waals surface area contributed by atoms with Gasteiger partial charge in [0.15, 0.2) is 0 Å². The molecule has 0 radical (unpaired) electrons. The minimum Gasteiger partial charge on any atom is -0.342 e. The molecule has 21 heavy (non-hydrogen) atoms. The quantitative estimate of drug-likeness (QED) is 0.841. The van der Waals surface area contributed by atoms with Gasteiger partial charge in [-0.2, -0.15) is 4.31 Å². The predicted molar refractivity (Wildman–Crippen MR) is 81.5 cm³/mol. The normalized spacial score (nSPS) is 26.8. The molecule has 1 aromatic rings. The van der Waals surface area contributed by atoms with Crippen molar-refractivity contribution in [3.63, 3.8) is 0 Å². The number of nitrogens with zero attached hydrogens (tertiary/aromatic N) is 2.